The van der Waals surface area contributed by atoms with E-state index in [1.54, 1.807) is 7.11 Å². The molecule has 19 heavy (non-hydrogen) atoms. The summed E-state index contributed by atoms with van der Waals surface area (Å²) in [6, 6.07) is 13.7. The Morgan fingerprint density at radius 1 is 1.16 bits per heavy atom. The highest BCUT2D eigenvalue weighted by atomic mass is 79.9. The molecule has 2 rings (SSSR count). The van der Waals surface area contributed by atoms with Crippen LogP contribution in [0.5, 0.6) is 5.75 Å². The maximum atomic E-state index is 6.45. The van der Waals surface area contributed by atoms with Crippen LogP contribution < -0.4 is 4.74 Å². The molecular weight excluding hydrogens is 347 g/mol. The molecule has 0 saturated heterocycles. The van der Waals surface area contributed by atoms with E-state index in [1.165, 1.54) is 0 Å². The fourth-order valence-electron chi connectivity index (χ4n) is 1.84. The van der Waals surface area contributed by atoms with Gasteiger partial charge in [0.1, 0.15) is 5.75 Å². The first kappa shape index (κ1) is 14.7. The van der Waals surface area contributed by atoms with Gasteiger partial charge in [0.15, 0.2) is 0 Å². The number of benzene rings is 2. The van der Waals surface area contributed by atoms with E-state index in [0.717, 1.165) is 27.8 Å². The molecule has 4 heteroatoms. The second kappa shape index (κ2) is 6.65. The number of ether oxygens (including phenoxy) is 1. The summed E-state index contributed by atoms with van der Waals surface area (Å²) in [5, 5.41) is 0.577. The molecular formula is C15H13BrCl2O. The van der Waals surface area contributed by atoms with Gasteiger partial charge in [-0.3, -0.25) is 0 Å². The molecule has 0 aliphatic carbocycles. The van der Waals surface area contributed by atoms with Gasteiger partial charge in [0.05, 0.1) is 12.5 Å². The number of methoxy groups -OCH3 is 1. The summed E-state index contributed by atoms with van der Waals surface area (Å²) in [5.74, 6) is 0.848. The highest BCUT2D eigenvalue weighted by molar-refractivity contribution is 9.10. The van der Waals surface area contributed by atoms with Crippen molar-refractivity contribution in [2.24, 2.45) is 0 Å². The van der Waals surface area contributed by atoms with E-state index in [0.29, 0.717) is 5.02 Å². The molecule has 0 bridgehead atoms. The minimum absolute atomic E-state index is 0.108. The standard InChI is InChI=1S/C15H13BrCl2O/c1-19-14-4-2-10(3-5-14)6-15(18)11-7-12(16)9-13(17)8-11/h2-5,7-9,15H,6H2,1H3. The maximum Gasteiger partial charge on any atom is 0.118 e. The molecule has 1 nitrogen and oxygen atoms in total. The number of rotatable bonds is 4. The van der Waals surface area contributed by atoms with Gasteiger partial charge in [0.2, 0.25) is 0 Å². The first-order valence-electron chi connectivity index (χ1n) is 5.81. The largest absolute Gasteiger partial charge is 0.497 e. The van der Waals surface area contributed by atoms with Gasteiger partial charge in [-0.15, -0.1) is 11.6 Å². The SMILES string of the molecule is COc1ccc(CC(Cl)c2cc(Cl)cc(Br)c2)cc1. The van der Waals surface area contributed by atoms with Crippen LogP contribution in [0.4, 0.5) is 0 Å². The van der Waals surface area contributed by atoms with E-state index in [-0.39, 0.29) is 5.38 Å². The van der Waals surface area contributed by atoms with E-state index >= 15 is 0 Å². The minimum atomic E-state index is -0.108. The van der Waals surface area contributed by atoms with Gasteiger partial charge in [-0.05, 0) is 47.9 Å². The van der Waals surface area contributed by atoms with Crippen LogP contribution in [0.1, 0.15) is 16.5 Å². The Balaban J connectivity index is 2.13. The molecule has 2 aromatic carbocycles. The van der Waals surface area contributed by atoms with Crippen molar-refractivity contribution in [3.63, 3.8) is 0 Å². The van der Waals surface area contributed by atoms with Gasteiger partial charge >= 0.3 is 0 Å². The lowest BCUT2D eigenvalue weighted by Crippen LogP contribution is -1.96. The lowest BCUT2D eigenvalue weighted by atomic mass is 10.0. The number of alkyl halides is 1. The van der Waals surface area contributed by atoms with Crippen molar-refractivity contribution in [3.05, 3.63) is 63.1 Å². The highest BCUT2D eigenvalue weighted by Crippen LogP contribution is 2.30. The zero-order valence-corrected chi connectivity index (χ0v) is 13.5. The highest BCUT2D eigenvalue weighted by Gasteiger charge is 2.10. The molecule has 0 radical (unpaired) electrons. The summed E-state index contributed by atoms with van der Waals surface area (Å²) in [5.41, 5.74) is 2.17. The molecule has 0 amide bonds. The van der Waals surface area contributed by atoms with Gasteiger partial charge in [0, 0.05) is 9.50 Å². The molecule has 2 aromatic rings. The summed E-state index contributed by atoms with van der Waals surface area (Å²) in [4.78, 5) is 0. The van der Waals surface area contributed by atoms with Gasteiger partial charge in [-0.25, -0.2) is 0 Å². The summed E-state index contributed by atoms with van der Waals surface area (Å²) >= 11 is 15.9. The summed E-state index contributed by atoms with van der Waals surface area (Å²) < 4.78 is 6.07. The van der Waals surface area contributed by atoms with Crippen molar-refractivity contribution >= 4 is 39.1 Å². The quantitative estimate of drug-likeness (QED) is 0.642. The Labute approximate surface area is 131 Å². The summed E-state index contributed by atoms with van der Waals surface area (Å²) in [6.07, 6.45) is 0.748. The molecule has 0 fully saturated rings. The lowest BCUT2D eigenvalue weighted by Gasteiger charge is -2.11. The van der Waals surface area contributed by atoms with Gasteiger partial charge < -0.3 is 4.74 Å². The second-order valence-electron chi connectivity index (χ2n) is 4.22. The Kier molecular flexibility index (Phi) is 5.14. The van der Waals surface area contributed by atoms with Gasteiger partial charge in [-0.1, -0.05) is 39.7 Å². The van der Waals surface area contributed by atoms with Crippen molar-refractivity contribution in [2.45, 2.75) is 11.8 Å². The van der Waals surface area contributed by atoms with Crippen LogP contribution in [0, 0.1) is 0 Å². The molecule has 0 heterocycles. The van der Waals surface area contributed by atoms with Gasteiger partial charge in [0.25, 0.3) is 0 Å². The van der Waals surface area contributed by atoms with Crippen molar-refractivity contribution in [1.29, 1.82) is 0 Å². The predicted octanol–water partition coefficient (Wildman–Crippen LogP) is 5.63. The van der Waals surface area contributed by atoms with Crippen molar-refractivity contribution in [3.8, 4) is 5.75 Å². The first-order chi connectivity index (χ1) is 9.08. The van der Waals surface area contributed by atoms with E-state index < -0.39 is 0 Å². The third kappa shape index (κ3) is 4.13. The van der Waals surface area contributed by atoms with Crippen LogP contribution in [0.15, 0.2) is 46.9 Å². The normalized spacial score (nSPS) is 12.2. The predicted molar refractivity (Wildman–Crippen MR) is 84.4 cm³/mol. The first-order valence-corrected chi connectivity index (χ1v) is 7.42. The lowest BCUT2D eigenvalue weighted by molar-refractivity contribution is 0.414. The maximum absolute atomic E-state index is 6.45. The number of hydrogen-bond donors (Lipinski definition) is 0. The Morgan fingerprint density at radius 3 is 2.42 bits per heavy atom. The molecule has 100 valence electrons. The van der Waals surface area contributed by atoms with Crippen molar-refractivity contribution in [2.75, 3.05) is 7.11 Å². The average Bonchev–Trinajstić information content (AvgIpc) is 2.38. The molecule has 0 aliphatic heterocycles. The summed E-state index contributed by atoms with van der Waals surface area (Å²) in [6.45, 7) is 0. The third-order valence-electron chi connectivity index (χ3n) is 2.82. The van der Waals surface area contributed by atoms with E-state index in [1.807, 2.05) is 42.5 Å². The van der Waals surface area contributed by atoms with Crippen molar-refractivity contribution < 1.29 is 4.74 Å². The molecule has 1 unspecified atom stereocenters. The Bertz CT molecular complexity index is 534. The fourth-order valence-corrected chi connectivity index (χ4v) is 3.03. The zero-order chi connectivity index (χ0) is 13.8. The number of halogens is 3. The van der Waals surface area contributed by atoms with Crippen molar-refractivity contribution in [1.82, 2.24) is 0 Å². The molecule has 0 saturated carbocycles. The van der Waals surface area contributed by atoms with Crippen LogP contribution in [0.2, 0.25) is 5.02 Å². The monoisotopic (exact) mass is 358 g/mol. The third-order valence-corrected chi connectivity index (χ3v) is 3.90. The van der Waals surface area contributed by atoms with Crippen LogP contribution in [0.25, 0.3) is 0 Å². The minimum Gasteiger partial charge on any atom is -0.497 e. The smallest absolute Gasteiger partial charge is 0.118 e. The van der Waals surface area contributed by atoms with Crippen LogP contribution in [-0.4, -0.2) is 7.11 Å². The van der Waals surface area contributed by atoms with Gasteiger partial charge in [-0.2, -0.15) is 0 Å². The Hall–Kier alpha value is -0.700. The molecule has 0 aliphatic rings. The molecule has 0 spiro atoms. The molecule has 1 atom stereocenters. The van der Waals surface area contributed by atoms with E-state index in [4.69, 9.17) is 27.9 Å². The average molecular weight is 360 g/mol. The summed E-state index contributed by atoms with van der Waals surface area (Å²) in [7, 11) is 1.66. The zero-order valence-electron chi connectivity index (χ0n) is 10.4. The van der Waals surface area contributed by atoms with Crippen LogP contribution in [0.3, 0.4) is 0 Å². The van der Waals surface area contributed by atoms with Crippen LogP contribution in [-0.2, 0) is 6.42 Å². The van der Waals surface area contributed by atoms with Crippen LogP contribution >= 0.6 is 39.1 Å². The molecule has 0 aromatic heterocycles. The van der Waals surface area contributed by atoms with E-state index in [2.05, 4.69) is 15.9 Å². The fraction of sp³-hybridized carbons (Fsp3) is 0.200. The molecule has 0 N–H and O–H groups in total. The van der Waals surface area contributed by atoms with E-state index in [9.17, 15) is 0 Å². The number of hydrogen-bond acceptors (Lipinski definition) is 1. The Morgan fingerprint density at radius 2 is 1.84 bits per heavy atom. The topological polar surface area (TPSA) is 9.23 Å². The second-order valence-corrected chi connectivity index (χ2v) is 6.10.